The van der Waals surface area contributed by atoms with E-state index in [-0.39, 0.29) is 17.9 Å². The van der Waals surface area contributed by atoms with E-state index < -0.39 is 5.97 Å². The van der Waals surface area contributed by atoms with Crippen LogP contribution in [0.2, 0.25) is 0 Å². The first-order valence-corrected chi connectivity index (χ1v) is 10.6. The lowest BCUT2D eigenvalue weighted by Gasteiger charge is -2.56. The van der Waals surface area contributed by atoms with Gasteiger partial charge in [-0.3, -0.25) is 9.59 Å². The highest BCUT2D eigenvalue weighted by molar-refractivity contribution is 5.97. The molecule has 6 heteroatoms. The van der Waals surface area contributed by atoms with Crippen LogP contribution in [0, 0.1) is 17.8 Å². The Hall–Kier alpha value is -2.63. The Morgan fingerprint density at radius 1 is 1.10 bits per heavy atom. The quantitative estimate of drug-likeness (QED) is 0.792. The molecule has 4 saturated carbocycles. The smallest absolute Gasteiger partial charge is 0.325 e. The molecule has 2 aromatic rings. The van der Waals surface area contributed by atoms with Crippen molar-refractivity contribution in [2.24, 2.45) is 17.8 Å². The second-order valence-corrected chi connectivity index (χ2v) is 9.13. The fraction of sp³-hybridized carbons (Fsp3) is 0.522. The van der Waals surface area contributed by atoms with Gasteiger partial charge in [0.05, 0.1) is 24.1 Å². The van der Waals surface area contributed by atoms with E-state index in [1.165, 1.54) is 26.4 Å². The number of benzene rings is 1. The number of rotatable bonds is 5. The van der Waals surface area contributed by atoms with E-state index in [0.29, 0.717) is 5.56 Å². The summed E-state index contributed by atoms with van der Waals surface area (Å²) in [5.41, 5.74) is 2.44. The number of aromatic nitrogens is 2. The van der Waals surface area contributed by atoms with E-state index in [0.717, 1.165) is 48.4 Å². The standard InChI is InChI=1S/C23H27N3O3/c1-29-20(27)13-24-22(28)19-14-26(18-5-3-2-4-6-18)25-21(19)23-10-15-7-16(11-23)9-17(8-15)12-23/h2-6,14-17H,7-13H2,1H3,(H,24,28). The van der Waals surface area contributed by atoms with Gasteiger partial charge in [-0.25, -0.2) is 4.68 Å². The van der Waals surface area contributed by atoms with E-state index in [4.69, 9.17) is 5.10 Å². The monoisotopic (exact) mass is 393 g/mol. The molecular weight excluding hydrogens is 366 g/mol. The summed E-state index contributed by atoms with van der Waals surface area (Å²) in [6.45, 7) is -0.133. The largest absolute Gasteiger partial charge is 0.468 e. The zero-order valence-corrected chi connectivity index (χ0v) is 16.8. The van der Waals surface area contributed by atoms with Crippen molar-refractivity contribution in [1.82, 2.24) is 15.1 Å². The predicted octanol–water partition coefficient (Wildman–Crippen LogP) is 3.24. The van der Waals surface area contributed by atoms with Crippen molar-refractivity contribution in [3.05, 3.63) is 47.8 Å². The highest BCUT2D eigenvalue weighted by Gasteiger charge is 2.53. The number of esters is 1. The molecule has 1 N–H and O–H groups in total. The van der Waals surface area contributed by atoms with Crippen LogP contribution < -0.4 is 5.32 Å². The van der Waals surface area contributed by atoms with Crippen LogP contribution in [0.4, 0.5) is 0 Å². The molecule has 0 radical (unpaired) electrons. The number of amides is 1. The van der Waals surface area contributed by atoms with Gasteiger partial charge in [0.1, 0.15) is 6.54 Å². The van der Waals surface area contributed by atoms with Crippen LogP contribution in [0.5, 0.6) is 0 Å². The Kier molecular flexibility index (Phi) is 4.45. The van der Waals surface area contributed by atoms with E-state index in [9.17, 15) is 9.59 Å². The number of hydrogen-bond donors (Lipinski definition) is 1. The van der Waals surface area contributed by atoms with Gasteiger partial charge in [0.25, 0.3) is 5.91 Å². The first-order chi connectivity index (χ1) is 14.1. The first-order valence-electron chi connectivity index (χ1n) is 10.6. The summed E-state index contributed by atoms with van der Waals surface area (Å²) in [4.78, 5) is 24.6. The maximum Gasteiger partial charge on any atom is 0.325 e. The lowest BCUT2D eigenvalue weighted by Crippen LogP contribution is -2.49. The lowest BCUT2D eigenvalue weighted by molar-refractivity contribution is -0.139. The minimum atomic E-state index is -0.454. The number of carbonyl (C=O) groups is 2. The number of para-hydroxylation sites is 1. The first kappa shape index (κ1) is 18.4. The molecule has 152 valence electrons. The maximum atomic E-state index is 13.1. The third-order valence-corrected chi connectivity index (χ3v) is 7.14. The van der Waals surface area contributed by atoms with Crippen LogP contribution in [-0.2, 0) is 14.9 Å². The highest BCUT2D eigenvalue weighted by Crippen LogP contribution is 2.60. The van der Waals surface area contributed by atoms with Crippen molar-refractivity contribution < 1.29 is 14.3 Å². The van der Waals surface area contributed by atoms with Crippen LogP contribution in [-0.4, -0.2) is 35.3 Å². The minimum absolute atomic E-state index is 0.00722. The number of carbonyl (C=O) groups excluding carboxylic acids is 2. The van der Waals surface area contributed by atoms with E-state index in [1.807, 2.05) is 41.2 Å². The normalized spacial score (nSPS) is 29.6. The number of methoxy groups -OCH3 is 1. The predicted molar refractivity (Wildman–Crippen MR) is 108 cm³/mol. The van der Waals surface area contributed by atoms with Crippen LogP contribution in [0.3, 0.4) is 0 Å². The molecule has 29 heavy (non-hydrogen) atoms. The van der Waals surface area contributed by atoms with E-state index in [2.05, 4.69) is 10.1 Å². The lowest BCUT2D eigenvalue weighted by atomic mass is 9.48. The van der Waals surface area contributed by atoms with Crippen molar-refractivity contribution in [2.45, 2.75) is 43.9 Å². The van der Waals surface area contributed by atoms with Crippen molar-refractivity contribution >= 4 is 11.9 Å². The molecule has 0 saturated heterocycles. The minimum Gasteiger partial charge on any atom is -0.468 e. The number of ether oxygens (including phenoxy) is 1. The van der Waals surface area contributed by atoms with Crippen molar-refractivity contribution in [3.63, 3.8) is 0 Å². The third-order valence-electron chi connectivity index (χ3n) is 7.14. The van der Waals surface area contributed by atoms with Crippen molar-refractivity contribution in [3.8, 4) is 5.69 Å². The summed E-state index contributed by atoms with van der Waals surface area (Å²) in [5.74, 6) is 1.57. The number of hydrogen-bond acceptors (Lipinski definition) is 4. The molecule has 6 nitrogen and oxygen atoms in total. The Morgan fingerprint density at radius 3 is 2.31 bits per heavy atom. The molecule has 0 atom stereocenters. The van der Waals surface area contributed by atoms with Crippen LogP contribution in [0.15, 0.2) is 36.5 Å². The van der Waals surface area contributed by atoms with E-state index >= 15 is 0 Å². The van der Waals surface area contributed by atoms with Gasteiger partial charge >= 0.3 is 5.97 Å². The fourth-order valence-electron chi connectivity index (χ4n) is 6.37. The average molecular weight is 393 g/mol. The third kappa shape index (κ3) is 3.24. The zero-order chi connectivity index (χ0) is 20.0. The van der Waals surface area contributed by atoms with Gasteiger partial charge in [0, 0.05) is 11.6 Å². The summed E-state index contributed by atoms with van der Waals surface area (Å²) >= 11 is 0. The van der Waals surface area contributed by atoms with E-state index in [1.54, 1.807) is 0 Å². The Balaban J connectivity index is 1.54. The summed E-state index contributed by atoms with van der Waals surface area (Å²) < 4.78 is 6.49. The van der Waals surface area contributed by atoms with Crippen LogP contribution in [0.1, 0.15) is 54.6 Å². The Bertz CT molecular complexity index is 899. The highest BCUT2D eigenvalue weighted by atomic mass is 16.5. The topological polar surface area (TPSA) is 73.2 Å². The molecule has 4 aliphatic rings. The zero-order valence-electron chi connectivity index (χ0n) is 16.8. The van der Waals surface area contributed by atoms with Gasteiger partial charge in [0.15, 0.2) is 0 Å². The van der Waals surface area contributed by atoms with Gasteiger partial charge in [0.2, 0.25) is 0 Å². The summed E-state index contributed by atoms with van der Waals surface area (Å²) in [6.07, 6.45) is 9.22. The molecule has 4 fully saturated rings. The number of nitrogens with zero attached hydrogens (tertiary/aromatic N) is 2. The number of nitrogens with one attached hydrogen (secondary N) is 1. The molecule has 4 aliphatic carbocycles. The molecule has 6 rings (SSSR count). The second kappa shape index (κ2) is 7.01. The second-order valence-electron chi connectivity index (χ2n) is 9.13. The van der Waals surface area contributed by atoms with Gasteiger partial charge in [-0.05, 0) is 68.4 Å². The molecule has 1 aromatic carbocycles. The van der Waals surface area contributed by atoms with Crippen LogP contribution >= 0.6 is 0 Å². The molecule has 4 bridgehead atoms. The Morgan fingerprint density at radius 2 is 1.72 bits per heavy atom. The van der Waals surface area contributed by atoms with Crippen LogP contribution in [0.25, 0.3) is 5.69 Å². The summed E-state index contributed by atoms with van der Waals surface area (Å²) in [6, 6.07) is 9.90. The average Bonchev–Trinajstić information content (AvgIpc) is 3.18. The molecule has 0 unspecified atom stereocenters. The van der Waals surface area contributed by atoms with Gasteiger partial charge in [-0.2, -0.15) is 5.10 Å². The SMILES string of the molecule is COC(=O)CNC(=O)c1cn(-c2ccccc2)nc1C12CC3CC(CC(C3)C1)C2. The van der Waals surface area contributed by atoms with Crippen molar-refractivity contribution in [2.75, 3.05) is 13.7 Å². The fourth-order valence-corrected chi connectivity index (χ4v) is 6.37. The van der Waals surface area contributed by atoms with Gasteiger partial charge < -0.3 is 10.1 Å². The molecule has 1 aromatic heterocycles. The molecule has 1 heterocycles. The molecule has 0 spiro atoms. The molecular formula is C23H27N3O3. The molecule has 1 amide bonds. The van der Waals surface area contributed by atoms with Crippen molar-refractivity contribution in [1.29, 1.82) is 0 Å². The Labute approximate surface area is 170 Å². The summed E-state index contributed by atoms with van der Waals surface area (Å²) in [7, 11) is 1.32. The maximum absolute atomic E-state index is 13.1. The van der Waals surface area contributed by atoms with Gasteiger partial charge in [-0.15, -0.1) is 0 Å². The van der Waals surface area contributed by atoms with Gasteiger partial charge in [-0.1, -0.05) is 18.2 Å². The molecule has 0 aliphatic heterocycles. The summed E-state index contributed by atoms with van der Waals surface area (Å²) in [5, 5.41) is 7.70.